The van der Waals surface area contributed by atoms with Crippen LogP contribution in [0.4, 0.5) is 0 Å². The Morgan fingerprint density at radius 2 is 1.94 bits per heavy atom. The van der Waals surface area contributed by atoms with Crippen LogP contribution in [0.2, 0.25) is 0 Å². The number of nitrogens with two attached hydrogens (primary N) is 1. The van der Waals surface area contributed by atoms with E-state index in [-0.39, 0.29) is 11.3 Å². The van der Waals surface area contributed by atoms with Crippen LogP contribution >= 0.6 is 0 Å². The summed E-state index contributed by atoms with van der Waals surface area (Å²) in [7, 11) is 1.58. The minimum Gasteiger partial charge on any atom is -0.507 e. The molecule has 2 aromatic rings. The van der Waals surface area contributed by atoms with Gasteiger partial charge in [0.1, 0.15) is 11.5 Å². The van der Waals surface area contributed by atoms with Gasteiger partial charge in [-0.05, 0) is 23.8 Å². The number of hydrogen-bond donors (Lipinski definition) is 2. The van der Waals surface area contributed by atoms with Crippen LogP contribution < -0.4 is 10.5 Å². The average Bonchev–Trinajstić information content (AvgIpc) is 2.39. The second-order valence-corrected chi connectivity index (χ2v) is 3.80. The second-order valence-electron chi connectivity index (χ2n) is 3.80. The third-order valence-electron chi connectivity index (χ3n) is 2.68. The lowest BCUT2D eigenvalue weighted by Gasteiger charge is -2.09. The normalized spacial score (nSPS) is 10.1. The Morgan fingerprint density at radius 1 is 1.22 bits per heavy atom. The van der Waals surface area contributed by atoms with Gasteiger partial charge in [-0.25, -0.2) is 0 Å². The second kappa shape index (κ2) is 4.79. The Balaban J connectivity index is 2.58. The summed E-state index contributed by atoms with van der Waals surface area (Å²) in [5.74, 6) is -0.0935. The van der Waals surface area contributed by atoms with Gasteiger partial charge in [0.15, 0.2) is 0 Å². The summed E-state index contributed by atoms with van der Waals surface area (Å²) < 4.78 is 5.25. The first kappa shape index (κ1) is 12.0. The van der Waals surface area contributed by atoms with Crippen LogP contribution in [0.5, 0.6) is 11.5 Å². The Hall–Kier alpha value is -2.49. The van der Waals surface area contributed by atoms with Crippen molar-refractivity contribution in [2.75, 3.05) is 7.11 Å². The molecule has 0 spiro atoms. The monoisotopic (exact) mass is 243 g/mol. The van der Waals surface area contributed by atoms with Gasteiger partial charge in [0.05, 0.1) is 12.7 Å². The van der Waals surface area contributed by atoms with Crippen molar-refractivity contribution in [3.63, 3.8) is 0 Å². The summed E-state index contributed by atoms with van der Waals surface area (Å²) in [5.41, 5.74) is 6.90. The van der Waals surface area contributed by atoms with Gasteiger partial charge in [-0.2, -0.15) is 0 Å². The summed E-state index contributed by atoms with van der Waals surface area (Å²) >= 11 is 0. The van der Waals surface area contributed by atoms with E-state index in [9.17, 15) is 9.90 Å². The number of rotatable bonds is 3. The largest absolute Gasteiger partial charge is 0.507 e. The number of methoxy groups -OCH3 is 1. The zero-order valence-corrected chi connectivity index (χ0v) is 9.88. The number of carbonyl (C=O) groups excluding carboxylic acids is 1. The minimum absolute atomic E-state index is 0.0957. The van der Waals surface area contributed by atoms with Gasteiger partial charge in [-0.3, -0.25) is 4.79 Å². The van der Waals surface area contributed by atoms with Gasteiger partial charge in [-0.15, -0.1) is 0 Å². The van der Waals surface area contributed by atoms with Gasteiger partial charge >= 0.3 is 0 Å². The molecule has 0 heterocycles. The molecule has 0 aliphatic rings. The molecule has 0 aromatic heterocycles. The van der Waals surface area contributed by atoms with E-state index >= 15 is 0 Å². The third kappa shape index (κ3) is 2.13. The molecule has 0 saturated carbocycles. The van der Waals surface area contributed by atoms with Crippen molar-refractivity contribution in [1.29, 1.82) is 0 Å². The summed E-state index contributed by atoms with van der Waals surface area (Å²) in [6.45, 7) is 0. The standard InChI is InChI=1S/C14H13NO3/c1-18-13-5-3-2-4-10(13)9-6-7-12(16)11(8-9)14(15)17/h2-8,16H,1H3,(H2,15,17). The zero-order chi connectivity index (χ0) is 13.1. The van der Waals surface area contributed by atoms with Gasteiger partial charge in [0.25, 0.3) is 5.91 Å². The van der Waals surface area contributed by atoms with E-state index in [1.54, 1.807) is 19.2 Å². The first-order valence-corrected chi connectivity index (χ1v) is 5.39. The molecule has 0 saturated heterocycles. The molecule has 0 aliphatic heterocycles. The van der Waals surface area contributed by atoms with Crippen molar-refractivity contribution < 1.29 is 14.6 Å². The summed E-state index contributed by atoms with van der Waals surface area (Å²) in [4.78, 5) is 11.2. The minimum atomic E-state index is -0.663. The van der Waals surface area contributed by atoms with Crippen molar-refractivity contribution in [2.45, 2.75) is 0 Å². The van der Waals surface area contributed by atoms with Gasteiger partial charge in [0, 0.05) is 5.56 Å². The summed E-state index contributed by atoms with van der Waals surface area (Å²) in [5, 5.41) is 9.55. The first-order chi connectivity index (χ1) is 8.63. The van der Waals surface area contributed by atoms with Crippen LogP contribution in [0.3, 0.4) is 0 Å². The van der Waals surface area contributed by atoms with Gasteiger partial charge < -0.3 is 15.6 Å². The predicted octanol–water partition coefficient (Wildman–Crippen LogP) is 2.17. The van der Waals surface area contributed by atoms with Gasteiger partial charge in [-0.1, -0.05) is 24.3 Å². The molecule has 0 fully saturated rings. The van der Waals surface area contributed by atoms with Crippen LogP contribution in [-0.2, 0) is 0 Å². The maximum atomic E-state index is 11.2. The maximum absolute atomic E-state index is 11.2. The number of ether oxygens (including phenoxy) is 1. The lowest BCUT2D eigenvalue weighted by molar-refractivity contribution is 0.0998. The fraction of sp³-hybridized carbons (Fsp3) is 0.0714. The lowest BCUT2D eigenvalue weighted by atomic mass is 10.0. The summed E-state index contributed by atoms with van der Waals surface area (Å²) in [6, 6.07) is 12.1. The van der Waals surface area contributed by atoms with E-state index in [0.717, 1.165) is 11.1 Å². The quantitative estimate of drug-likeness (QED) is 0.867. The topological polar surface area (TPSA) is 72.6 Å². The third-order valence-corrected chi connectivity index (χ3v) is 2.68. The van der Waals surface area contributed by atoms with Crippen LogP contribution in [0.25, 0.3) is 11.1 Å². The molecule has 1 amide bonds. The van der Waals surface area contributed by atoms with Crippen molar-refractivity contribution in [1.82, 2.24) is 0 Å². The highest BCUT2D eigenvalue weighted by Crippen LogP contribution is 2.32. The molecule has 92 valence electrons. The number of aromatic hydroxyl groups is 1. The molecule has 3 N–H and O–H groups in total. The van der Waals surface area contributed by atoms with Crippen LogP contribution in [-0.4, -0.2) is 18.1 Å². The Labute approximate surface area is 105 Å². The van der Waals surface area contributed by atoms with Crippen molar-refractivity contribution >= 4 is 5.91 Å². The molecule has 4 heteroatoms. The molecule has 0 aliphatic carbocycles. The van der Waals surface area contributed by atoms with Crippen LogP contribution in [0.1, 0.15) is 10.4 Å². The summed E-state index contributed by atoms with van der Waals surface area (Å²) in [6.07, 6.45) is 0. The molecule has 0 radical (unpaired) electrons. The number of hydrogen-bond acceptors (Lipinski definition) is 3. The zero-order valence-electron chi connectivity index (χ0n) is 9.88. The number of benzene rings is 2. The Bertz CT molecular complexity index is 593. The molecule has 0 atom stereocenters. The van der Waals surface area contributed by atoms with E-state index in [2.05, 4.69) is 0 Å². The number of primary amides is 1. The van der Waals surface area contributed by atoms with Crippen molar-refractivity contribution in [3.8, 4) is 22.6 Å². The molecule has 2 aromatic carbocycles. The van der Waals surface area contributed by atoms with Crippen LogP contribution in [0, 0.1) is 0 Å². The number of phenols is 1. The van der Waals surface area contributed by atoms with E-state index in [4.69, 9.17) is 10.5 Å². The predicted molar refractivity (Wildman–Crippen MR) is 68.6 cm³/mol. The van der Waals surface area contributed by atoms with E-state index < -0.39 is 5.91 Å². The average molecular weight is 243 g/mol. The Morgan fingerprint density at radius 3 is 2.61 bits per heavy atom. The van der Waals surface area contributed by atoms with E-state index in [1.165, 1.54) is 6.07 Å². The fourth-order valence-electron chi connectivity index (χ4n) is 1.78. The molecular formula is C14H13NO3. The molecule has 0 unspecified atom stereocenters. The number of para-hydroxylation sites is 1. The molecule has 18 heavy (non-hydrogen) atoms. The fourth-order valence-corrected chi connectivity index (χ4v) is 1.78. The molecule has 2 rings (SSSR count). The van der Waals surface area contributed by atoms with Crippen LogP contribution in [0.15, 0.2) is 42.5 Å². The van der Waals surface area contributed by atoms with Crippen molar-refractivity contribution in [3.05, 3.63) is 48.0 Å². The highest BCUT2D eigenvalue weighted by Gasteiger charge is 2.11. The maximum Gasteiger partial charge on any atom is 0.252 e. The lowest BCUT2D eigenvalue weighted by Crippen LogP contribution is -2.11. The molecule has 0 bridgehead atoms. The highest BCUT2D eigenvalue weighted by molar-refractivity contribution is 5.97. The Kier molecular flexibility index (Phi) is 3.19. The van der Waals surface area contributed by atoms with Gasteiger partial charge in [0.2, 0.25) is 0 Å². The highest BCUT2D eigenvalue weighted by atomic mass is 16.5. The molecular weight excluding hydrogens is 230 g/mol. The first-order valence-electron chi connectivity index (χ1n) is 5.39. The smallest absolute Gasteiger partial charge is 0.252 e. The SMILES string of the molecule is COc1ccccc1-c1ccc(O)c(C(N)=O)c1. The van der Waals surface area contributed by atoms with E-state index in [1.807, 2.05) is 24.3 Å². The van der Waals surface area contributed by atoms with Crippen molar-refractivity contribution in [2.24, 2.45) is 5.73 Å². The number of amides is 1. The number of carbonyl (C=O) groups is 1. The van der Waals surface area contributed by atoms with E-state index in [0.29, 0.717) is 5.75 Å². The molecule has 4 nitrogen and oxygen atoms in total.